The first-order valence-corrected chi connectivity index (χ1v) is 7.59. The number of carbonyl (C=O) groups excluding carboxylic acids is 1. The molecule has 0 fully saturated rings. The van der Waals surface area contributed by atoms with Gasteiger partial charge in [0.15, 0.2) is 5.78 Å². The van der Waals surface area contributed by atoms with E-state index in [0.717, 1.165) is 36.0 Å². The fourth-order valence-corrected chi connectivity index (χ4v) is 3.22. The number of carbonyl (C=O) groups is 1. The zero-order valence-corrected chi connectivity index (χ0v) is 12.4. The Morgan fingerprint density at radius 2 is 2.00 bits per heavy atom. The maximum atomic E-state index is 13.2. The molecule has 0 N–H and O–H groups in total. The summed E-state index contributed by atoms with van der Waals surface area (Å²) < 4.78 is 13.2. The highest BCUT2D eigenvalue weighted by Gasteiger charge is 2.25. The lowest BCUT2D eigenvalue weighted by molar-refractivity contribution is 0.0915. The standard InChI is InChI=1S/C18H16ClFO/c19-16-11-12(8-9-17(16)20)10-14-6-3-5-13-4-1-2-7-15(13)18(14)21/h1-2,4,7-9,11,14H,3,5-6,10H2. The third-order valence-electron chi connectivity index (χ3n) is 4.12. The van der Waals surface area contributed by atoms with Crippen molar-refractivity contribution in [2.24, 2.45) is 5.92 Å². The van der Waals surface area contributed by atoms with Crippen LogP contribution in [-0.2, 0) is 12.8 Å². The molecule has 0 saturated carbocycles. The first kappa shape index (κ1) is 14.3. The van der Waals surface area contributed by atoms with Gasteiger partial charge < -0.3 is 0 Å². The predicted molar refractivity (Wildman–Crippen MR) is 82.3 cm³/mol. The van der Waals surface area contributed by atoms with Crippen LogP contribution in [0.4, 0.5) is 4.39 Å². The molecule has 1 nitrogen and oxygen atoms in total. The monoisotopic (exact) mass is 302 g/mol. The number of hydrogen-bond donors (Lipinski definition) is 0. The van der Waals surface area contributed by atoms with E-state index in [1.807, 2.05) is 24.3 Å². The molecule has 0 aromatic heterocycles. The zero-order chi connectivity index (χ0) is 14.8. The maximum absolute atomic E-state index is 13.2. The van der Waals surface area contributed by atoms with E-state index in [2.05, 4.69) is 0 Å². The Labute approximate surface area is 128 Å². The fraction of sp³-hybridized carbons (Fsp3) is 0.278. The smallest absolute Gasteiger partial charge is 0.166 e. The minimum Gasteiger partial charge on any atom is -0.294 e. The summed E-state index contributed by atoms with van der Waals surface area (Å²) in [6, 6.07) is 12.5. The number of rotatable bonds is 2. The van der Waals surface area contributed by atoms with Gasteiger partial charge in [0.2, 0.25) is 0 Å². The van der Waals surface area contributed by atoms with Crippen molar-refractivity contribution < 1.29 is 9.18 Å². The van der Waals surface area contributed by atoms with Crippen molar-refractivity contribution in [3.63, 3.8) is 0 Å². The fourth-order valence-electron chi connectivity index (χ4n) is 3.01. The van der Waals surface area contributed by atoms with E-state index < -0.39 is 5.82 Å². The quantitative estimate of drug-likeness (QED) is 0.724. The molecule has 3 heteroatoms. The first-order valence-electron chi connectivity index (χ1n) is 7.21. The number of benzene rings is 2. The van der Waals surface area contributed by atoms with Crippen molar-refractivity contribution in [2.75, 3.05) is 0 Å². The Bertz CT molecular complexity index is 681. The summed E-state index contributed by atoms with van der Waals surface area (Å²) in [5.41, 5.74) is 2.90. The molecule has 1 aliphatic rings. The Kier molecular flexibility index (Phi) is 4.07. The van der Waals surface area contributed by atoms with Crippen LogP contribution < -0.4 is 0 Å². The van der Waals surface area contributed by atoms with Crippen molar-refractivity contribution >= 4 is 17.4 Å². The van der Waals surface area contributed by atoms with Crippen LogP contribution in [-0.4, -0.2) is 5.78 Å². The van der Waals surface area contributed by atoms with Gasteiger partial charge in [0.1, 0.15) is 5.82 Å². The number of halogens is 2. The van der Waals surface area contributed by atoms with Crippen LogP contribution in [0.5, 0.6) is 0 Å². The summed E-state index contributed by atoms with van der Waals surface area (Å²) in [4.78, 5) is 12.7. The minimum absolute atomic E-state index is 0.0461. The normalized spacial score (nSPS) is 18.2. The van der Waals surface area contributed by atoms with E-state index in [0.29, 0.717) is 6.42 Å². The van der Waals surface area contributed by atoms with Gasteiger partial charge in [0, 0.05) is 11.5 Å². The molecule has 0 amide bonds. The third-order valence-corrected chi connectivity index (χ3v) is 4.41. The van der Waals surface area contributed by atoms with Crippen molar-refractivity contribution in [1.82, 2.24) is 0 Å². The first-order chi connectivity index (χ1) is 10.1. The predicted octanol–water partition coefficient (Wildman–Crippen LogP) is 4.86. The van der Waals surface area contributed by atoms with Crippen LogP contribution in [0.2, 0.25) is 5.02 Å². The van der Waals surface area contributed by atoms with Crippen LogP contribution in [0.15, 0.2) is 42.5 Å². The average Bonchev–Trinajstić information content (AvgIpc) is 2.64. The van der Waals surface area contributed by atoms with Crippen molar-refractivity contribution in [3.05, 3.63) is 70.0 Å². The molecule has 2 aromatic carbocycles. The number of aryl methyl sites for hydroxylation is 1. The third kappa shape index (κ3) is 3.01. The molecular weight excluding hydrogens is 287 g/mol. The largest absolute Gasteiger partial charge is 0.294 e. The zero-order valence-electron chi connectivity index (χ0n) is 11.6. The highest BCUT2D eigenvalue weighted by molar-refractivity contribution is 6.30. The van der Waals surface area contributed by atoms with Crippen LogP contribution in [0.25, 0.3) is 0 Å². The number of Topliss-reactive ketones (excluding diaryl/α,β-unsaturated/α-hetero) is 1. The second-order valence-corrected chi connectivity index (χ2v) is 5.97. The summed E-state index contributed by atoms with van der Waals surface area (Å²) in [6.07, 6.45) is 3.43. The van der Waals surface area contributed by atoms with Crippen LogP contribution >= 0.6 is 11.6 Å². The van der Waals surface area contributed by atoms with E-state index >= 15 is 0 Å². The highest BCUT2D eigenvalue weighted by Crippen LogP contribution is 2.28. The lowest BCUT2D eigenvalue weighted by atomic mass is 9.89. The SMILES string of the molecule is O=C1c2ccccc2CCCC1Cc1ccc(F)c(Cl)c1. The molecule has 1 unspecified atom stereocenters. The van der Waals surface area contributed by atoms with Crippen LogP contribution in [0, 0.1) is 11.7 Å². The van der Waals surface area contributed by atoms with Gasteiger partial charge in [0.05, 0.1) is 5.02 Å². The molecule has 0 spiro atoms. The number of ketones is 1. The maximum Gasteiger partial charge on any atom is 0.166 e. The topological polar surface area (TPSA) is 17.1 Å². The van der Waals surface area contributed by atoms with Crippen molar-refractivity contribution in [3.8, 4) is 0 Å². The average molecular weight is 303 g/mol. The van der Waals surface area contributed by atoms with E-state index in [9.17, 15) is 9.18 Å². The summed E-state index contributed by atoms with van der Waals surface area (Å²) >= 11 is 5.82. The van der Waals surface area contributed by atoms with Gasteiger partial charge >= 0.3 is 0 Å². The van der Waals surface area contributed by atoms with Gasteiger partial charge in [-0.15, -0.1) is 0 Å². The van der Waals surface area contributed by atoms with Crippen LogP contribution in [0.3, 0.4) is 0 Å². The van der Waals surface area contributed by atoms with Gasteiger partial charge in [-0.1, -0.05) is 41.9 Å². The molecule has 0 aliphatic heterocycles. The minimum atomic E-state index is -0.419. The summed E-state index contributed by atoms with van der Waals surface area (Å²) in [7, 11) is 0. The van der Waals surface area contributed by atoms with E-state index in [4.69, 9.17) is 11.6 Å². The van der Waals surface area contributed by atoms with Gasteiger partial charge in [-0.2, -0.15) is 0 Å². The van der Waals surface area contributed by atoms with Gasteiger partial charge in [0.25, 0.3) is 0 Å². The van der Waals surface area contributed by atoms with Gasteiger partial charge in [-0.25, -0.2) is 4.39 Å². The number of hydrogen-bond acceptors (Lipinski definition) is 1. The lowest BCUT2D eigenvalue weighted by Gasteiger charge is -2.14. The van der Waals surface area contributed by atoms with Crippen LogP contribution in [0.1, 0.15) is 34.3 Å². The molecule has 0 radical (unpaired) electrons. The van der Waals surface area contributed by atoms with Crippen molar-refractivity contribution in [1.29, 1.82) is 0 Å². The Morgan fingerprint density at radius 3 is 2.81 bits per heavy atom. The molecule has 1 aliphatic carbocycles. The molecule has 1 atom stereocenters. The van der Waals surface area contributed by atoms with E-state index in [1.54, 1.807) is 12.1 Å². The van der Waals surface area contributed by atoms with Gasteiger partial charge in [-0.3, -0.25) is 4.79 Å². The van der Waals surface area contributed by atoms with Gasteiger partial charge in [-0.05, 0) is 48.9 Å². The summed E-state index contributed by atoms with van der Waals surface area (Å²) in [5.74, 6) is -0.267. The molecule has 21 heavy (non-hydrogen) atoms. The molecule has 2 aromatic rings. The second kappa shape index (κ2) is 5.98. The highest BCUT2D eigenvalue weighted by atomic mass is 35.5. The lowest BCUT2D eigenvalue weighted by Crippen LogP contribution is -2.16. The Morgan fingerprint density at radius 1 is 1.19 bits per heavy atom. The number of fused-ring (bicyclic) bond motifs is 1. The Hall–Kier alpha value is -1.67. The van der Waals surface area contributed by atoms with Crippen molar-refractivity contribution in [2.45, 2.75) is 25.7 Å². The summed E-state index contributed by atoms with van der Waals surface area (Å²) in [6.45, 7) is 0. The molecule has 108 valence electrons. The van der Waals surface area contributed by atoms with E-state index in [-0.39, 0.29) is 16.7 Å². The molecular formula is C18H16ClFO. The summed E-state index contributed by atoms with van der Waals surface area (Å²) in [5, 5.41) is 0.119. The Balaban J connectivity index is 1.85. The second-order valence-electron chi connectivity index (χ2n) is 5.56. The molecule has 0 saturated heterocycles. The molecule has 0 bridgehead atoms. The van der Waals surface area contributed by atoms with E-state index in [1.165, 1.54) is 6.07 Å². The molecule has 3 rings (SSSR count). The molecule has 0 heterocycles.